The van der Waals surface area contributed by atoms with Gasteiger partial charge in [-0.2, -0.15) is 4.52 Å². The van der Waals surface area contributed by atoms with E-state index in [1.54, 1.807) is 4.52 Å². The molecular formula is C18H22FN5. The number of anilines is 1. The summed E-state index contributed by atoms with van der Waals surface area (Å²) >= 11 is 0. The summed E-state index contributed by atoms with van der Waals surface area (Å²) < 4.78 is 15.0. The number of aryl methyl sites for hydroxylation is 1. The summed E-state index contributed by atoms with van der Waals surface area (Å²) in [7, 11) is 0. The number of hydrogen-bond donors (Lipinski definition) is 1. The Balaban J connectivity index is 1.92. The van der Waals surface area contributed by atoms with E-state index < -0.39 is 0 Å². The fourth-order valence-corrected chi connectivity index (χ4v) is 2.71. The molecule has 0 fully saturated rings. The first-order chi connectivity index (χ1) is 11.3. The molecule has 6 heteroatoms. The lowest BCUT2D eigenvalue weighted by atomic mass is 9.85. The molecule has 0 aliphatic rings. The van der Waals surface area contributed by atoms with E-state index in [-0.39, 0.29) is 17.3 Å². The van der Waals surface area contributed by atoms with Gasteiger partial charge in [0.05, 0.1) is 6.04 Å². The monoisotopic (exact) mass is 327 g/mol. The second-order valence-corrected chi connectivity index (χ2v) is 7.25. The van der Waals surface area contributed by atoms with Crippen LogP contribution in [0.15, 0.2) is 36.4 Å². The van der Waals surface area contributed by atoms with Gasteiger partial charge in [-0.3, -0.25) is 0 Å². The fraction of sp³-hybridized carbons (Fsp3) is 0.389. The van der Waals surface area contributed by atoms with Crippen LogP contribution in [0, 0.1) is 18.2 Å². The van der Waals surface area contributed by atoms with Crippen LogP contribution in [-0.2, 0) is 0 Å². The second-order valence-electron chi connectivity index (χ2n) is 7.25. The number of benzene rings is 1. The summed E-state index contributed by atoms with van der Waals surface area (Å²) in [5.74, 6) is 1.25. The Morgan fingerprint density at radius 2 is 1.79 bits per heavy atom. The van der Waals surface area contributed by atoms with Gasteiger partial charge >= 0.3 is 0 Å². The van der Waals surface area contributed by atoms with Crippen molar-refractivity contribution in [2.75, 3.05) is 5.32 Å². The van der Waals surface area contributed by atoms with Crippen LogP contribution in [0.4, 0.5) is 10.2 Å². The van der Waals surface area contributed by atoms with Gasteiger partial charge < -0.3 is 5.32 Å². The third-order valence-electron chi connectivity index (χ3n) is 3.83. The average Bonchev–Trinajstić information content (AvgIpc) is 2.87. The molecule has 0 radical (unpaired) electrons. The highest BCUT2D eigenvalue weighted by molar-refractivity contribution is 5.45. The summed E-state index contributed by atoms with van der Waals surface area (Å²) in [5, 5.41) is 16.1. The maximum absolute atomic E-state index is 13.2. The molecule has 0 unspecified atom stereocenters. The van der Waals surface area contributed by atoms with E-state index in [0.717, 1.165) is 23.6 Å². The summed E-state index contributed by atoms with van der Waals surface area (Å²) in [6.45, 7) is 8.42. The average molecular weight is 327 g/mol. The molecule has 2 heterocycles. The van der Waals surface area contributed by atoms with Crippen molar-refractivity contribution in [2.24, 2.45) is 5.41 Å². The zero-order chi connectivity index (χ0) is 17.3. The molecule has 0 spiro atoms. The molecule has 5 nitrogen and oxygen atoms in total. The number of nitrogens with zero attached hydrogens (tertiary/aromatic N) is 4. The molecule has 3 rings (SSSR count). The summed E-state index contributed by atoms with van der Waals surface area (Å²) in [4.78, 5) is 0. The van der Waals surface area contributed by atoms with Gasteiger partial charge in [-0.05, 0) is 48.6 Å². The third-order valence-corrected chi connectivity index (χ3v) is 3.83. The smallest absolute Gasteiger partial charge is 0.178 e. The van der Waals surface area contributed by atoms with Crippen molar-refractivity contribution < 1.29 is 4.39 Å². The molecule has 2 aromatic heterocycles. The van der Waals surface area contributed by atoms with E-state index in [2.05, 4.69) is 41.4 Å². The molecule has 0 aliphatic carbocycles. The predicted octanol–water partition coefficient (Wildman–Crippen LogP) is 4.16. The van der Waals surface area contributed by atoms with Gasteiger partial charge in [-0.25, -0.2) is 4.39 Å². The van der Waals surface area contributed by atoms with Crippen molar-refractivity contribution in [1.82, 2.24) is 19.8 Å². The van der Waals surface area contributed by atoms with E-state index in [1.807, 2.05) is 31.2 Å². The van der Waals surface area contributed by atoms with Crippen molar-refractivity contribution in [3.05, 3.63) is 53.6 Å². The van der Waals surface area contributed by atoms with Gasteiger partial charge in [-0.15, -0.1) is 15.3 Å². The molecule has 0 saturated heterocycles. The Bertz CT molecular complexity index is 833. The lowest BCUT2D eigenvalue weighted by Gasteiger charge is -2.27. The first kappa shape index (κ1) is 16.4. The second kappa shape index (κ2) is 6.19. The zero-order valence-electron chi connectivity index (χ0n) is 14.4. The quantitative estimate of drug-likeness (QED) is 0.782. The van der Waals surface area contributed by atoms with Crippen LogP contribution >= 0.6 is 0 Å². The molecule has 1 N–H and O–H groups in total. The zero-order valence-corrected chi connectivity index (χ0v) is 14.4. The van der Waals surface area contributed by atoms with Crippen LogP contribution in [0.5, 0.6) is 0 Å². The number of nitrogens with one attached hydrogen (secondary N) is 1. The lowest BCUT2D eigenvalue weighted by Crippen LogP contribution is -2.19. The van der Waals surface area contributed by atoms with Crippen LogP contribution in [0.3, 0.4) is 0 Å². The highest BCUT2D eigenvalue weighted by Gasteiger charge is 2.21. The molecule has 3 aromatic rings. The molecule has 24 heavy (non-hydrogen) atoms. The Kier molecular flexibility index (Phi) is 4.22. The van der Waals surface area contributed by atoms with Gasteiger partial charge in [0.15, 0.2) is 11.5 Å². The molecule has 0 bridgehead atoms. The van der Waals surface area contributed by atoms with Crippen molar-refractivity contribution >= 4 is 11.5 Å². The Labute approximate surface area is 140 Å². The minimum absolute atomic E-state index is 0.0346. The number of aromatic nitrogens is 4. The highest BCUT2D eigenvalue weighted by Crippen LogP contribution is 2.32. The van der Waals surface area contributed by atoms with E-state index >= 15 is 0 Å². The number of rotatable bonds is 4. The summed E-state index contributed by atoms with van der Waals surface area (Å²) in [6, 6.07) is 10.4. The first-order valence-electron chi connectivity index (χ1n) is 8.03. The topological polar surface area (TPSA) is 55.1 Å². The number of halogens is 1. The molecule has 0 amide bonds. The van der Waals surface area contributed by atoms with Gasteiger partial charge in [-0.1, -0.05) is 32.9 Å². The minimum Gasteiger partial charge on any atom is -0.362 e. The molecule has 0 saturated carbocycles. The van der Waals surface area contributed by atoms with Gasteiger partial charge in [0.2, 0.25) is 0 Å². The minimum atomic E-state index is -0.229. The Morgan fingerprint density at radius 3 is 2.46 bits per heavy atom. The van der Waals surface area contributed by atoms with Crippen LogP contribution in [0.25, 0.3) is 5.65 Å². The van der Waals surface area contributed by atoms with Crippen molar-refractivity contribution in [3.63, 3.8) is 0 Å². The number of fused-ring (bicyclic) bond motifs is 1. The molecule has 1 atom stereocenters. The van der Waals surface area contributed by atoms with Crippen molar-refractivity contribution in [2.45, 2.75) is 40.2 Å². The Morgan fingerprint density at radius 1 is 1.08 bits per heavy atom. The van der Waals surface area contributed by atoms with Gasteiger partial charge in [0.25, 0.3) is 0 Å². The van der Waals surface area contributed by atoms with Crippen molar-refractivity contribution in [3.8, 4) is 0 Å². The largest absolute Gasteiger partial charge is 0.362 e. The predicted molar refractivity (Wildman–Crippen MR) is 92.4 cm³/mol. The standard InChI is InChI=1S/C18H22FN5/c1-12-21-22-17-10-9-16(23-24(12)17)20-15(11-18(2,3)4)13-5-7-14(19)8-6-13/h5-10,15H,11H2,1-4H3,(H,20,23)/t15-/m1/s1. The van der Waals surface area contributed by atoms with E-state index in [9.17, 15) is 4.39 Å². The fourth-order valence-electron chi connectivity index (χ4n) is 2.71. The van der Waals surface area contributed by atoms with Gasteiger partial charge in [0.1, 0.15) is 11.6 Å². The molecular weight excluding hydrogens is 305 g/mol. The number of hydrogen-bond acceptors (Lipinski definition) is 4. The highest BCUT2D eigenvalue weighted by atomic mass is 19.1. The van der Waals surface area contributed by atoms with E-state index in [1.165, 1.54) is 12.1 Å². The summed E-state index contributed by atoms with van der Waals surface area (Å²) in [6.07, 6.45) is 0.888. The van der Waals surface area contributed by atoms with Crippen LogP contribution in [0.2, 0.25) is 0 Å². The summed E-state index contributed by atoms with van der Waals surface area (Å²) in [5.41, 5.74) is 1.86. The Hall–Kier alpha value is -2.50. The van der Waals surface area contributed by atoms with E-state index in [4.69, 9.17) is 0 Å². The van der Waals surface area contributed by atoms with Crippen molar-refractivity contribution in [1.29, 1.82) is 0 Å². The third kappa shape index (κ3) is 3.69. The first-order valence-corrected chi connectivity index (χ1v) is 8.03. The van der Waals surface area contributed by atoms with E-state index in [0.29, 0.717) is 5.65 Å². The van der Waals surface area contributed by atoms with Crippen LogP contribution < -0.4 is 5.32 Å². The maximum atomic E-state index is 13.2. The normalized spacial score (nSPS) is 13.2. The van der Waals surface area contributed by atoms with Crippen LogP contribution in [0.1, 0.15) is 44.6 Å². The molecule has 1 aromatic carbocycles. The lowest BCUT2D eigenvalue weighted by molar-refractivity contribution is 0.352. The van der Waals surface area contributed by atoms with Gasteiger partial charge in [0, 0.05) is 0 Å². The maximum Gasteiger partial charge on any atom is 0.178 e. The molecule has 0 aliphatic heterocycles. The molecule has 126 valence electrons. The SMILES string of the molecule is Cc1nnc2ccc(N[C@H](CC(C)(C)C)c3ccc(F)cc3)nn12. The van der Waals surface area contributed by atoms with Crippen LogP contribution in [-0.4, -0.2) is 19.8 Å².